The van der Waals surface area contributed by atoms with Gasteiger partial charge in [-0.15, -0.1) is 0 Å². The highest BCUT2D eigenvalue weighted by molar-refractivity contribution is 6.01. The molecule has 3 N–H and O–H groups in total. The van der Waals surface area contributed by atoms with Crippen molar-refractivity contribution in [1.29, 1.82) is 0 Å². The zero-order valence-corrected chi connectivity index (χ0v) is 19.8. The number of aliphatic hydroxyl groups excluding tert-OH is 1. The number of allylic oxidation sites excluding steroid dienone is 4. The predicted molar refractivity (Wildman–Crippen MR) is 120 cm³/mol. The van der Waals surface area contributed by atoms with Gasteiger partial charge in [-0.2, -0.15) is 0 Å². The van der Waals surface area contributed by atoms with Crippen LogP contribution in [-0.2, 0) is 9.59 Å². The molecule has 5 nitrogen and oxygen atoms in total. The normalized spacial score (nSPS) is 47.3. The summed E-state index contributed by atoms with van der Waals surface area (Å²) in [5.74, 6) is -1.61. The van der Waals surface area contributed by atoms with Gasteiger partial charge >= 0.3 is 0 Å². The monoisotopic (exact) mass is 447 g/mol. The van der Waals surface area contributed by atoms with Crippen molar-refractivity contribution in [2.24, 2.45) is 28.6 Å². The number of unbranched alkanes of at least 4 members (excludes halogenated alkanes) is 2. The largest absolute Gasteiger partial charge is 0.390 e. The fraction of sp³-hybridized carbons (Fsp3) is 0.769. The van der Waals surface area contributed by atoms with Crippen LogP contribution in [0.1, 0.15) is 72.6 Å². The van der Waals surface area contributed by atoms with E-state index in [1.165, 1.54) is 12.2 Å². The number of fused-ring (bicyclic) bond motifs is 5. The lowest BCUT2D eigenvalue weighted by atomic mass is 9.44. The summed E-state index contributed by atoms with van der Waals surface area (Å²) in [5.41, 5.74) is -4.84. The molecule has 8 unspecified atom stereocenters. The first kappa shape index (κ1) is 23.6. The number of halogens is 1. The highest BCUT2D eigenvalue weighted by atomic mass is 19.1. The number of aliphatic hydroxyl groups is 2. The molecular weight excluding hydrogens is 409 g/mol. The number of ketones is 1. The van der Waals surface area contributed by atoms with Gasteiger partial charge in [0, 0.05) is 23.3 Å². The quantitative estimate of drug-likeness (QED) is 0.562. The molecular formula is C26H38FNO4. The van der Waals surface area contributed by atoms with Gasteiger partial charge in [-0.05, 0) is 63.0 Å². The van der Waals surface area contributed by atoms with Crippen molar-refractivity contribution >= 4 is 11.7 Å². The van der Waals surface area contributed by atoms with Gasteiger partial charge in [0.05, 0.1) is 6.10 Å². The first-order valence-corrected chi connectivity index (χ1v) is 12.3. The van der Waals surface area contributed by atoms with E-state index in [0.717, 1.165) is 24.8 Å². The summed E-state index contributed by atoms with van der Waals surface area (Å²) < 4.78 is 17.1. The average Bonchev–Trinajstić information content (AvgIpc) is 2.94. The van der Waals surface area contributed by atoms with Crippen molar-refractivity contribution in [2.75, 3.05) is 6.54 Å². The van der Waals surface area contributed by atoms with E-state index < -0.39 is 40.0 Å². The molecule has 3 fully saturated rings. The van der Waals surface area contributed by atoms with Gasteiger partial charge in [-0.25, -0.2) is 4.39 Å². The number of rotatable bonds is 5. The minimum Gasteiger partial charge on any atom is -0.390 e. The summed E-state index contributed by atoms with van der Waals surface area (Å²) in [6, 6.07) is 0. The third-order valence-corrected chi connectivity index (χ3v) is 9.63. The third kappa shape index (κ3) is 2.87. The maximum absolute atomic E-state index is 17.1. The molecule has 0 aromatic carbocycles. The molecule has 0 aliphatic heterocycles. The van der Waals surface area contributed by atoms with Crippen molar-refractivity contribution in [3.05, 3.63) is 23.8 Å². The van der Waals surface area contributed by atoms with Crippen molar-refractivity contribution in [1.82, 2.24) is 5.32 Å². The summed E-state index contributed by atoms with van der Waals surface area (Å²) in [6.07, 6.45) is 7.75. The van der Waals surface area contributed by atoms with Gasteiger partial charge in [0.2, 0.25) is 0 Å². The zero-order chi connectivity index (χ0) is 23.5. The summed E-state index contributed by atoms with van der Waals surface area (Å²) in [7, 11) is 0. The molecule has 178 valence electrons. The molecule has 4 rings (SSSR count). The Morgan fingerprint density at radius 1 is 1.28 bits per heavy atom. The summed E-state index contributed by atoms with van der Waals surface area (Å²) >= 11 is 0. The molecule has 0 aromatic rings. The van der Waals surface area contributed by atoms with Gasteiger partial charge < -0.3 is 15.5 Å². The highest BCUT2D eigenvalue weighted by Gasteiger charge is 2.75. The van der Waals surface area contributed by atoms with E-state index in [4.69, 9.17) is 0 Å². The van der Waals surface area contributed by atoms with E-state index in [9.17, 15) is 19.8 Å². The molecule has 0 aromatic heterocycles. The first-order valence-electron chi connectivity index (χ1n) is 12.3. The van der Waals surface area contributed by atoms with Crippen LogP contribution in [0.5, 0.6) is 0 Å². The maximum atomic E-state index is 17.1. The molecule has 0 bridgehead atoms. The Hall–Kier alpha value is -1.53. The molecule has 8 atom stereocenters. The molecule has 32 heavy (non-hydrogen) atoms. The predicted octanol–water partition coefficient (Wildman–Crippen LogP) is 3.64. The Kier molecular flexibility index (Phi) is 5.73. The summed E-state index contributed by atoms with van der Waals surface area (Å²) in [5, 5.41) is 26.1. The van der Waals surface area contributed by atoms with Crippen LogP contribution in [0.3, 0.4) is 0 Å². The zero-order valence-electron chi connectivity index (χ0n) is 19.8. The van der Waals surface area contributed by atoms with E-state index in [1.54, 1.807) is 13.0 Å². The van der Waals surface area contributed by atoms with Crippen LogP contribution in [0, 0.1) is 28.6 Å². The van der Waals surface area contributed by atoms with Crippen LogP contribution in [0.4, 0.5) is 4.39 Å². The number of hydrogen-bond donors (Lipinski definition) is 3. The Labute approximate surface area is 190 Å². The fourth-order valence-electron chi connectivity index (χ4n) is 7.74. The second-order valence-corrected chi connectivity index (χ2v) is 11.1. The maximum Gasteiger partial charge on any atom is 0.252 e. The van der Waals surface area contributed by atoms with Gasteiger partial charge in [-0.3, -0.25) is 9.59 Å². The van der Waals surface area contributed by atoms with Crippen LogP contribution in [-0.4, -0.2) is 45.8 Å². The van der Waals surface area contributed by atoms with E-state index in [1.807, 2.05) is 13.8 Å². The standard InChI is InChI=1S/C26H38FNO4/c1-5-6-7-12-28-22(31)26(32)16(2)13-20-19-9-8-17-14-18(29)10-11-23(17,3)25(19,27)21(30)15-24(20,26)4/h10-11,14,16,19-21,30,32H,5-9,12-13,15H2,1-4H3,(H,28,31). The van der Waals surface area contributed by atoms with Crippen molar-refractivity contribution in [2.45, 2.75) is 90.0 Å². The first-order chi connectivity index (χ1) is 15.0. The highest BCUT2D eigenvalue weighted by Crippen LogP contribution is 2.70. The van der Waals surface area contributed by atoms with E-state index in [-0.39, 0.29) is 24.0 Å². The lowest BCUT2D eigenvalue weighted by molar-refractivity contribution is -0.219. The van der Waals surface area contributed by atoms with Crippen LogP contribution >= 0.6 is 0 Å². The number of hydrogen-bond acceptors (Lipinski definition) is 4. The van der Waals surface area contributed by atoms with Gasteiger partial charge in [0.25, 0.3) is 5.91 Å². The lowest BCUT2D eigenvalue weighted by Crippen LogP contribution is -2.70. The lowest BCUT2D eigenvalue weighted by Gasteiger charge is -2.62. The number of nitrogens with one attached hydrogen (secondary N) is 1. The number of amides is 1. The SMILES string of the molecule is CCCCCNC(=O)C1(O)C(C)CC2C3CCC4=CC(=O)C=CC4(C)C3(F)C(O)CC21C. The molecule has 3 saturated carbocycles. The Bertz CT molecular complexity index is 870. The Morgan fingerprint density at radius 2 is 2.00 bits per heavy atom. The topological polar surface area (TPSA) is 86.6 Å². The number of alkyl halides is 1. The van der Waals surface area contributed by atoms with E-state index in [0.29, 0.717) is 25.8 Å². The van der Waals surface area contributed by atoms with Gasteiger partial charge in [0.1, 0.15) is 0 Å². The second kappa shape index (κ2) is 7.76. The molecule has 0 radical (unpaired) electrons. The number of carbonyl (C=O) groups excluding carboxylic acids is 2. The minimum atomic E-state index is -1.94. The molecule has 1 amide bonds. The van der Waals surface area contributed by atoms with E-state index >= 15 is 4.39 Å². The Morgan fingerprint density at radius 3 is 2.69 bits per heavy atom. The van der Waals surface area contributed by atoms with Crippen LogP contribution in [0.25, 0.3) is 0 Å². The fourth-order valence-corrected chi connectivity index (χ4v) is 7.74. The van der Waals surface area contributed by atoms with Crippen molar-refractivity contribution in [3.63, 3.8) is 0 Å². The van der Waals surface area contributed by atoms with Crippen molar-refractivity contribution < 1.29 is 24.2 Å². The molecule has 6 heteroatoms. The van der Waals surface area contributed by atoms with Gasteiger partial charge in [-0.1, -0.05) is 45.3 Å². The smallest absolute Gasteiger partial charge is 0.252 e. The van der Waals surface area contributed by atoms with E-state index in [2.05, 4.69) is 12.2 Å². The summed E-state index contributed by atoms with van der Waals surface area (Å²) in [6.45, 7) is 8.12. The van der Waals surface area contributed by atoms with Crippen LogP contribution in [0.15, 0.2) is 23.8 Å². The second-order valence-electron chi connectivity index (χ2n) is 11.1. The molecule has 0 spiro atoms. The van der Waals surface area contributed by atoms with Crippen molar-refractivity contribution in [3.8, 4) is 0 Å². The molecule has 4 aliphatic rings. The molecule has 0 saturated heterocycles. The van der Waals surface area contributed by atoms with Crippen LogP contribution < -0.4 is 5.32 Å². The number of carbonyl (C=O) groups is 2. The molecule has 0 heterocycles. The molecule has 4 aliphatic carbocycles. The average molecular weight is 448 g/mol. The van der Waals surface area contributed by atoms with Crippen LogP contribution in [0.2, 0.25) is 0 Å². The minimum absolute atomic E-state index is 0.0124. The summed E-state index contributed by atoms with van der Waals surface area (Å²) in [4.78, 5) is 25.2. The Balaban J connectivity index is 1.69. The third-order valence-electron chi connectivity index (χ3n) is 9.63. The van der Waals surface area contributed by atoms with Gasteiger partial charge in [0.15, 0.2) is 17.1 Å².